The lowest BCUT2D eigenvalue weighted by molar-refractivity contribution is 0.0145. The molecule has 1 atom stereocenters. The van der Waals surface area contributed by atoms with Crippen LogP contribution in [0.2, 0.25) is 0 Å². The second-order valence-electron chi connectivity index (χ2n) is 9.82. The molecule has 4 nitrogen and oxygen atoms in total. The monoisotopic (exact) mass is 367 g/mol. The SMILES string of the molecule is C1CN(CC2CCOC2)C1.CC(C)(C)C1CN(CC2CCCC2)C1.CN. The molecule has 3 heterocycles. The Bertz CT molecular complexity index is 360. The van der Waals surface area contributed by atoms with E-state index in [9.17, 15) is 0 Å². The van der Waals surface area contributed by atoms with Crippen molar-refractivity contribution in [2.24, 2.45) is 28.9 Å². The molecular weight excluding hydrogens is 322 g/mol. The van der Waals surface area contributed by atoms with E-state index in [0.29, 0.717) is 5.41 Å². The summed E-state index contributed by atoms with van der Waals surface area (Å²) in [5.74, 6) is 2.83. The van der Waals surface area contributed by atoms with Crippen LogP contribution in [0, 0.1) is 23.2 Å². The molecule has 0 spiro atoms. The molecule has 0 aromatic carbocycles. The van der Waals surface area contributed by atoms with Crippen molar-refractivity contribution in [3.8, 4) is 0 Å². The maximum atomic E-state index is 5.30. The minimum atomic E-state index is 0.534. The first-order valence-corrected chi connectivity index (χ1v) is 11.1. The van der Waals surface area contributed by atoms with Gasteiger partial charge in [0.05, 0.1) is 6.61 Å². The fourth-order valence-electron chi connectivity index (χ4n) is 4.48. The normalized spacial score (nSPS) is 27.8. The van der Waals surface area contributed by atoms with Crippen molar-refractivity contribution in [2.75, 3.05) is 59.5 Å². The Morgan fingerprint density at radius 3 is 1.92 bits per heavy atom. The minimum absolute atomic E-state index is 0.534. The van der Waals surface area contributed by atoms with Crippen molar-refractivity contribution >= 4 is 0 Å². The zero-order valence-electron chi connectivity index (χ0n) is 18.0. The van der Waals surface area contributed by atoms with Crippen LogP contribution in [0.25, 0.3) is 0 Å². The van der Waals surface area contributed by atoms with Crippen LogP contribution in [0.1, 0.15) is 59.3 Å². The van der Waals surface area contributed by atoms with Gasteiger partial charge in [-0.2, -0.15) is 0 Å². The third-order valence-corrected chi connectivity index (χ3v) is 6.66. The Morgan fingerprint density at radius 1 is 0.846 bits per heavy atom. The van der Waals surface area contributed by atoms with E-state index < -0.39 is 0 Å². The van der Waals surface area contributed by atoms with Crippen LogP contribution in [0.5, 0.6) is 0 Å². The topological polar surface area (TPSA) is 41.7 Å². The van der Waals surface area contributed by atoms with Gasteiger partial charge in [-0.15, -0.1) is 0 Å². The third kappa shape index (κ3) is 7.10. The Kier molecular flexibility index (Phi) is 9.36. The molecule has 3 saturated heterocycles. The summed E-state index contributed by atoms with van der Waals surface area (Å²) in [5.41, 5.74) is 5.03. The largest absolute Gasteiger partial charge is 0.381 e. The molecule has 26 heavy (non-hydrogen) atoms. The first-order chi connectivity index (χ1) is 12.5. The van der Waals surface area contributed by atoms with Crippen molar-refractivity contribution in [1.29, 1.82) is 0 Å². The lowest BCUT2D eigenvalue weighted by Crippen LogP contribution is -2.53. The Balaban J connectivity index is 0.000000178. The van der Waals surface area contributed by atoms with Crippen molar-refractivity contribution in [1.82, 2.24) is 9.80 Å². The maximum Gasteiger partial charge on any atom is 0.0507 e. The van der Waals surface area contributed by atoms with Crippen molar-refractivity contribution < 1.29 is 4.74 Å². The standard InChI is InChI=1S/C13H25N.C8H15NO.CH5N/c1-13(2,3)12-9-14(10-12)8-11-6-4-5-7-11;1-3-9(4-1)6-8-2-5-10-7-8;1-2/h11-12H,4-10H2,1-3H3;8H,1-7H2;2H2,1H3. The lowest BCUT2D eigenvalue weighted by Gasteiger charge is -2.47. The third-order valence-electron chi connectivity index (χ3n) is 6.66. The van der Waals surface area contributed by atoms with Gasteiger partial charge >= 0.3 is 0 Å². The van der Waals surface area contributed by atoms with E-state index in [-0.39, 0.29) is 0 Å². The van der Waals surface area contributed by atoms with Gasteiger partial charge in [-0.25, -0.2) is 0 Å². The fourth-order valence-corrected chi connectivity index (χ4v) is 4.48. The zero-order valence-corrected chi connectivity index (χ0v) is 18.0. The lowest BCUT2D eigenvalue weighted by atomic mass is 9.76. The first-order valence-electron chi connectivity index (χ1n) is 11.1. The molecule has 4 heteroatoms. The van der Waals surface area contributed by atoms with Gasteiger partial charge < -0.3 is 20.3 Å². The average Bonchev–Trinajstić information content (AvgIpc) is 3.21. The van der Waals surface area contributed by atoms with Crippen LogP contribution in [0.15, 0.2) is 0 Å². The Labute approximate surface area is 162 Å². The van der Waals surface area contributed by atoms with Crippen LogP contribution < -0.4 is 5.73 Å². The molecule has 0 bridgehead atoms. The van der Waals surface area contributed by atoms with Crippen LogP contribution >= 0.6 is 0 Å². The number of hydrogen-bond donors (Lipinski definition) is 1. The predicted molar refractivity (Wildman–Crippen MR) is 111 cm³/mol. The molecule has 1 aliphatic carbocycles. The van der Waals surface area contributed by atoms with Crippen LogP contribution in [0.3, 0.4) is 0 Å². The number of nitrogens with two attached hydrogens (primary N) is 1. The van der Waals surface area contributed by atoms with Gasteiger partial charge in [0.2, 0.25) is 0 Å². The first kappa shape index (κ1) is 22.1. The maximum absolute atomic E-state index is 5.30. The molecule has 3 aliphatic heterocycles. The van der Waals surface area contributed by atoms with Crippen molar-refractivity contribution in [3.05, 3.63) is 0 Å². The van der Waals surface area contributed by atoms with Gasteiger partial charge in [0.1, 0.15) is 0 Å². The molecule has 0 amide bonds. The van der Waals surface area contributed by atoms with Crippen molar-refractivity contribution in [3.63, 3.8) is 0 Å². The highest BCUT2D eigenvalue weighted by Crippen LogP contribution is 2.35. The number of likely N-dealkylation sites (tertiary alicyclic amines) is 2. The molecule has 1 saturated carbocycles. The number of ether oxygens (including phenoxy) is 1. The van der Waals surface area contributed by atoms with Gasteiger partial charge in [0, 0.05) is 32.8 Å². The molecule has 1 unspecified atom stereocenters. The molecule has 4 aliphatic rings. The van der Waals surface area contributed by atoms with E-state index in [4.69, 9.17) is 4.74 Å². The van der Waals surface area contributed by atoms with Gasteiger partial charge in [0.15, 0.2) is 0 Å². The van der Waals surface area contributed by atoms with Gasteiger partial charge in [0.25, 0.3) is 0 Å². The summed E-state index contributed by atoms with van der Waals surface area (Å²) in [5, 5.41) is 0. The van der Waals surface area contributed by atoms with Crippen LogP contribution in [0.4, 0.5) is 0 Å². The van der Waals surface area contributed by atoms with E-state index in [0.717, 1.165) is 31.0 Å². The Morgan fingerprint density at radius 2 is 1.46 bits per heavy atom. The smallest absolute Gasteiger partial charge is 0.0507 e. The highest BCUT2D eigenvalue weighted by Gasteiger charge is 2.36. The fraction of sp³-hybridized carbons (Fsp3) is 1.00. The summed E-state index contributed by atoms with van der Waals surface area (Å²) < 4.78 is 5.30. The van der Waals surface area contributed by atoms with E-state index in [1.807, 2.05) is 0 Å². The van der Waals surface area contributed by atoms with E-state index >= 15 is 0 Å². The van der Waals surface area contributed by atoms with E-state index in [2.05, 4.69) is 36.3 Å². The second kappa shape index (κ2) is 11.0. The summed E-state index contributed by atoms with van der Waals surface area (Å²) in [6.45, 7) is 17.2. The van der Waals surface area contributed by atoms with E-state index in [1.54, 1.807) is 0 Å². The Hall–Kier alpha value is -0.160. The highest BCUT2D eigenvalue weighted by atomic mass is 16.5. The molecule has 0 aromatic rings. The summed E-state index contributed by atoms with van der Waals surface area (Å²) in [7, 11) is 1.50. The number of rotatable bonds is 4. The quantitative estimate of drug-likeness (QED) is 0.826. The average molecular weight is 368 g/mol. The molecule has 4 rings (SSSR count). The molecule has 2 N–H and O–H groups in total. The van der Waals surface area contributed by atoms with Gasteiger partial charge in [-0.3, -0.25) is 0 Å². The zero-order chi connectivity index (χ0) is 19.0. The second-order valence-corrected chi connectivity index (χ2v) is 9.82. The summed E-state index contributed by atoms with van der Waals surface area (Å²) in [6.07, 6.45) is 8.67. The predicted octanol–water partition coefficient (Wildman–Crippen LogP) is 3.46. The van der Waals surface area contributed by atoms with Crippen LogP contribution in [-0.4, -0.2) is 69.3 Å². The number of hydrogen-bond acceptors (Lipinski definition) is 4. The summed E-state index contributed by atoms with van der Waals surface area (Å²) in [6, 6.07) is 0. The number of nitrogens with zero attached hydrogens (tertiary/aromatic N) is 2. The molecule has 0 aromatic heterocycles. The molecule has 0 radical (unpaired) electrons. The van der Waals surface area contributed by atoms with Crippen molar-refractivity contribution in [2.45, 2.75) is 59.3 Å². The molecular formula is C22H45N3O. The summed E-state index contributed by atoms with van der Waals surface area (Å²) >= 11 is 0. The molecule has 4 fully saturated rings. The van der Waals surface area contributed by atoms with Gasteiger partial charge in [-0.1, -0.05) is 33.6 Å². The minimum Gasteiger partial charge on any atom is -0.381 e. The van der Waals surface area contributed by atoms with Crippen LogP contribution in [-0.2, 0) is 4.74 Å². The van der Waals surface area contributed by atoms with E-state index in [1.165, 1.54) is 84.8 Å². The summed E-state index contributed by atoms with van der Waals surface area (Å²) in [4.78, 5) is 5.20. The van der Waals surface area contributed by atoms with Gasteiger partial charge in [-0.05, 0) is 69.0 Å². The highest BCUT2D eigenvalue weighted by molar-refractivity contribution is 4.89. The molecule has 154 valence electrons.